The normalized spacial score (nSPS) is 13.3. The van der Waals surface area contributed by atoms with Gasteiger partial charge in [0.05, 0.1) is 19.8 Å². The number of methoxy groups -OCH3 is 2. The maximum absolute atomic E-state index is 12.1. The van der Waals surface area contributed by atoms with Crippen molar-refractivity contribution in [3.05, 3.63) is 39.8 Å². The van der Waals surface area contributed by atoms with Crippen LogP contribution in [0, 0.1) is 0 Å². The molecule has 5 nitrogen and oxygen atoms in total. The molecule has 0 unspecified atom stereocenters. The fraction of sp³-hybridized carbons (Fsp3) is 0.294. The summed E-state index contributed by atoms with van der Waals surface area (Å²) < 4.78 is 9.98. The van der Waals surface area contributed by atoms with E-state index in [4.69, 9.17) is 9.47 Å². The molecule has 0 amide bonds. The number of hydrogen-bond donors (Lipinski definition) is 1. The monoisotopic (exact) mass is 331 g/mol. The molecule has 1 aliphatic carbocycles. The fourth-order valence-electron chi connectivity index (χ4n) is 2.73. The highest BCUT2D eigenvalue weighted by atomic mass is 32.1. The molecule has 0 spiro atoms. The Morgan fingerprint density at radius 3 is 2.91 bits per heavy atom. The van der Waals surface area contributed by atoms with Gasteiger partial charge in [-0.25, -0.2) is 9.79 Å². The van der Waals surface area contributed by atoms with E-state index < -0.39 is 0 Å². The minimum atomic E-state index is -0.355. The van der Waals surface area contributed by atoms with E-state index >= 15 is 0 Å². The molecule has 0 radical (unpaired) electrons. The minimum Gasteiger partial charge on any atom is -0.504 e. The predicted octanol–water partition coefficient (Wildman–Crippen LogP) is 3.49. The van der Waals surface area contributed by atoms with E-state index in [1.807, 2.05) is 0 Å². The molecule has 6 heteroatoms. The Kier molecular flexibility index (Phi) is 4.34. The van der Waals surface area contributed by atoms with Gasteiger partial charge < -0.3 is 14.6 Å². The Labute approximate surface area is 138 Å². The second-order valence-electron chi connectivity index (χ2n) is 5.19. The molecule has 0 aliphatic heterocycles. The first-order valence-corrected chi connectivity index (χ1v) is 8.10. The standard InChI is InChI=1S/C17H17NO4S/c1-21-12-7-3-5-10(15(12)19)9-18-16-14(17(20)22-2)11-6-4-8-13(11)23-16/h3,5,7,9,19H,4,6,8H2,1-2H3. The molecule has 23 heavy (non-hydrogen) atoms. The van der Waals surface area contributed by atoms with Gasteiger partial charge in [0.15, 0.2) is 11.5 Å². The van der Waals surface area contributed by atoms with E-state index in [-0.39, 0.29) is 11.7 Å². The minimum absolute atomic E-state index is 0.0301. The zero-order chi connectivity index (χ0) is 16.4. The molecular weight excluding hydrogens is 314 g/mol. The third-order valence-corrected chi connectivity index (χ3v) is 5.06. The molecule has 1 heterocycles. The summed E-state index contributed by atoms with van der Waals surface area (Å²) in [5.74, 6) is 0.0599. The highest BCUT2D eigenvalue weighted by molar-refractivity contribution is 7.16. The van der Waals surface area contributed by atoms with Crippen LogP contribution in [0.2, 0.25) is 0 Å². The number of carbonyl (C=O) groups excluding carboxylic acids is 1. The number of fused-ring (bicyclic) bond motifs is 1. The molecular formula is C17H17NO4S. The van der Waals surface area contributed by atoms with Gasteiger partial charge in [0.1, 0.15) is 5.00 Å². The van der Waals surface area contributed by atoms with Crippen LogP contribution in [0.5, 0.6) is 11.5 Å². The summed E-state index contributed by atoms with van der Waals surface area (Å²) in [6.45, 7) is 0. The van der Waals surface area contributed by atoms with Crippen molar-refractivity contribution < 1.29 is 19.4 Å². The van der Waals surface area contributed by atoms with Crippen LogP contribution >= 0.6 is 11.3 Å². The molecule has 1 aliphatic rings. The van der Waals surface area contributed by atoms with Gasteiger partial charge in [-0.05, 0) is 37.0 Å². The van der Waals surface area contributed by atoms with Crippen LogP contribution in [0.1, 0.15) is 32.8 Å². The molecule has 120 valence electrons. The largest absolute Gasteiger partial charge is 0.504 e. The molecule has 0 saturated carbocycles. The number of carbonyl (C=O) groups is 1. The Hall–Kier alpha value is -2.34. The SMILES string of the molecule is COC(=O)c1c(N=Cc2cccc(OC)c2O)sc2c1CCC2. The van der Waals surface area contributed by atoms with E-state index in [0.29, 0.717) is 21.9 Å². The van der Waals surface area contributed by atoms with Crippen molar-refractivity contribution in [2.45, 2.75) is 19.3 Å². The van der Waals surface area contributed by atoms with E-state index in [1.165, 1.54) is 30.4 Å². The molecule has 0 fully saturated rings. The quantitative estimate of drug-likeness (QED) is 0.688. The lowest BCUT2D eigenvalue weighted by molar-refractivity contribution is 0.0601. The number of nitrogens with zero attached hydrogens (tertiary/aromatic N) is 1. The van der Waals surface area contributed by atoms with E-state index in [2.05, 4.69) is 4.99 Å². The third-order valence-electron chi connectivity index (χ3n) is 3.86. The summed E-state index contributed by atoms with van der Waals surface area (Å²) >= 11 is 1.52. The number of phenolic OH excluding ortho intramolecular Hbond substituents is 1. The summed E-state index contributed by atoms with van der Waals surface area (Å²) in [4.78, 5) is 17.7. The molecule has 0 bridgehead atoms. The van der Waals surface area contributed by atoms with Crippen molar-refractivity contribution in [2.75, 3.05) is 14.2 Å². The molecule has 1 aromatic heterocycles. The number of benzene rings is 1. The number of thiophene rings is 1. The van der Waals surface area contributed by atoms with Gasteiger partial charge in [-0.15, -0.1) is 11.3 Å². The first-order chi connectivity index (χ1) is 11.2. The number of hydrogen-bond acceptors (Lipinski definition) is 6. The summed E-state index contributed by atoms with van der Waals surface area (Å²) in [6, 6.07) is 5.18. The average molecular weight is 331 g/mol. The van der Waals surface area contributed by atoms with Crippen LogP contribution < -0.4 is 4.74 Å². The Balaban J connectivity index is 1.99. The maximum Gasteiger partial charge on any atom is 0.341 e. The number of aromatic hydroxyl groups is 1. The summed E-state index contributed by atoms with van der Waals surface area (Å²) in [5.41, 5.74) is 2.15. The van der Waals surface area contributed by atoms with Crippen molar-refractivity contribution >= 4 is 28.5 Å². The van der Waals surface area contributed by atoms with Gasteiger partial charge in [-0.3, -0.25) is 0 Å². The van der Waals surface area contributed by atoms with Gasteiger partial charge >= 0.3 is 5.97 Å². The molecule has 2 aromatic rings. The summed E-state index contributed by atoms with van der Waals surface area (Å²) in [7, 11) is 2.87. The number of phenols is 1. The van der Waals surface area contributed by atoms with Crippen molar-refractivity contribution in [3.8, 4) is 11.5 Å². The molecule has 3 rings (SSSR count). The summed E-state index contributed by atoms with van der Waals surface area (Å²) in [6.07, 6.45) is 4.47. The van der Waals surface area contributed by atoms with Crippen molar-refractivity contribution in [1.29, 1.82) is 0 Å². The van der Waals surface area contributed by atoms with Crippen molar-refractivity contribution in [1.82, 2.24) is 0 Å². The van der Waals surface area contributed by atoms with Crippen LogP contribution in [0.15, 0.2) is 23.2 Å². The molecule has 1 aromatic carbocycles. The van der Waals surface area contributed by atoms with Crippen molar-refractivity contribution in [2.24, 2.45) is 4.99 Å². The highest BCUT2D eigenvalue weighted by Gasteiger charge is 2.26. The Bertz CT molecular complexity index is 779. The second kappa shape index (κ2) is 6.42. The average Bonchev–Trinajstić information content (AvgIpc) is 3.13. The lowest BCUT2D eigenvalue weighted by atomic mass is 10.1. The number of aliphatic imine (C=N–C) groups is 1. The van der Waals surface area contributed by atoms with Gasteiger partial charge in [-0.1, -0.05) is 6.07 Å². The zero-order valence-electron chi connectivity index (χ0n) is 13.0. The number of rotatable bonds is 4. The number of ether oxygens (including phenoxy) is 2. The highest BCUT2D eigenvalue weighted by Crippen LogP contribution is 2.41. The maximum atomic E-state index is 12.1. The van der Waals surface area contributed by atoms with E-state index in [9.17, 15) is 9.90 Å². The fourth-order valence-corrected chi connectivity index (χ4v) is 3.95. The lowest BCUT2D eigenvalue weighted by Gasteiger charge is -2.05. The first kappa shape index (κ1) is 15.6. The lowest BCUT2D eigenvalue weighted by Crippen LogP contribution is -2.03. The first-order valence-electron chi connectivity index (χ1n) is 7.28. The van der Waals surface area contributed by atoms with Gasteiger partial charge in [0.2, 0.25) is 0 Å². The molecule has 1 N–H and O–H groups in total. The Morgan fingerprint density at radius 2 is 2.17 bits per heavy atom. The smallest absolute Gasteiger partial charge is 0.341 e. The second-order valence-corrected chi connectivity index (χ2v) is 6.27. The van der Waals surface area contributed by atoms with Crippen LogP contribution in [-0.4, -0.2) is 31.5 Å². The number of para-hydroxylation sites is 1. The summed E-state index contributed by atoms with van der Waals surface area (Å²) in [5, 5.41) is 10.7. The van der Waals surface area contributed by atoms with E-state index in [1.54, 1.807) is 24.4 Å². The van der Waals surface area contributed by atoms with Crippen molar-refractivity contribution in [3.63, 3.8) is 0 Å². The van der Waals surface area contributed by atoms with Crippen LogP contribution in [-0.2, 0) is 17.6 Å². The predicted molar refractivity (Wildman–Crippen MR) is 89.6 cm³/mol. The van der Waals surface area contributed by atoms with Crippen LogP contribution in [0.25, 0.3) is 0 Å². The van der Waals surface area contributed by atoms with Crippen LogP contribution in [0.4, 0.5) is 5.00 Å². The van der Waals surface area contributed by atoms with Gasteiger partial charge in [0, 0.05) is 16.7 Å². The van der Waals surface area contributed by atoms with Gasteiger partial charge in [-0.2, -0.15) is 0 Å². The van der Waals surface area contributed by atoms with Gasteiger partial charge in [0.25, 0.3) is 0 Å². The zero-order valence-corrected chi connectivity index (χ0v) is 13.8. The topological polar surface area (TPSA) is 68.1 Å². The third kappa shape index (κ3) is 2.82. The molecule has 0 saturated heterocycles. The molecule has 0 atom stereocenters. The number of esters is 1. The van der Waals surface area contributed by atoms with Crippen LogP contribution in [0.3, 0.4) is 0 Å². The number of aryl methyl sites for hydroxylation is 1. The Morgan fingerprint density at radius 1 is 1.35 bits per heavy atom. The van der Waals surface area contributed by atoms with E-state index in [0.717, 1.165) is 24.8 Å².